The molecular formula is C117H130BClIKN6. The van der Waals surface area contributed by atoms with Gasteiger partial charge in [0.05, 0.1) is 96.3 Å². The molecule has 2 heterocycles. The van der Waals surface area contributed by atoms with Gasteiger partial charge in [0.15, 0.2) is 0 Å². The third-order valence-corrected chi connectivity index (χ3v) is 20.8. The van der Waals surface area contributed by atoms with Crippen molar-refractivity contribution in [1.29, 1.82) is 0 Å². The first-order valence-corrected chi connectivity index (χ1v) is 40.8. The van der Waals surface area contributed by atoms with Crippen LogP contribution >= 0.6 is 11.6 Å². The van der Waals surface area contributed by atoms with Gasteiger partial charge < -0.3 is 53.4 Å². The summed E-state index contributed by atoms with van der Waals surface area (Å²) in [5.41, 5.74) is -22.3. The Hall–Kier alpha value is -9.40. The Morgan fingerprint density at radius 1 is 0.244 bits per heavy atom. The van der Waals surface area contributed by atoms with Crippen LogP contribution < -0.4 is 121 Å². The number of fused-ring (bicyclic) bond motifs is 4. The van der Waals surface area contributed by atoms with E-state index in [0.29, 0.717) is 14.7 Å². The van der Waals surface area contributed by atoms with E-state index in [1.165, 1.54) is 12.1 Å². The summed E-state index contributed by atoms with van der Waals surface area (Å²) >= 11 is 7.90. The van der Waals surface area contributed by atoms with Gasteiger partial charge in [-0.15, -0.1) is 0 Å². The van der Waals surface area contributed by atoms with Crippen LogP contribution in [0.25, 0.3) is 0 Å². The van der Waals surface area contributed by atoms with E-state index in [1.807, 2.05) is 0 Å². The Labute approximate surface area is 897 Å². The summed E-state index contributed by atoms with van der Waals surface area (Å²) in [6.07, 6.45) is 0. The molecule has 16 rings (SSSR count). The van der Waals surface area contributed by atoms with Crippen LogP contribution in [-0.4, -0.2) is 6.71 Å². The Bertz CT molecular complexity index is 8440. The number of hydrogen-bond donors (Lipinski definition) is 0. The molecule has 646 valence electrons. The average Bonchev–Trinajstić information content (AvgIpc) is 0.666. The van der Waals surface area contributed by atoms with Gasteiger partial charge in [-0.25, -0.2) is 0 Å². The Balaban J connectivity index is 0.000000302. The monoisotopic (exact) mass is 1880 g/mol. The van der Waals surface area contributed by atoms with E-state index in [2.05, 4.69) is 0 Å². The molecular weight excluding hydrogens is 1700 g/mol. The minimum atomic E-state index is -1.62. The first-order valence-electron chi connectivity index (χ1n) is 65.4. The second-order valence-electron chi connectivity index (χ2n) is 38.4. The maximum absolute atomic E-state index is 10.4. The summed E-state index contributed by atoms with van der Waals surface area (Å²) in [6.45, 7) is 38.0. The summed E-state index contributed by atoms with van der Waals surface area (Å²) in [5.74, 6) is 0. The average molecular weight is 1880 g/mol. The fraction of sp³-hybridized carbons (Fsp3) is 0.282. The number of para-hydroxylation sites is 4. The van der Waals surface area contributed by atoms with Crippen LogP contribution in [-0.2, 0) is 43.3 Å². The molecule has 2 aliphatic heterocycles. The largest absolute Gasteiger partial charge is 1.00 e. The van der Waals surface area contributed by atoms with Crippen molar-refractivity contribution in [2.45, 2.75) is 217 Å². The van der Waals surface area contributed by atoms with Gasteiger partial charge in [0, 0.05) is 79.6 Å². The third-order valence-electron chi connectivity index (χ3n) is 20.4. The maximum Gasteiger partial charge on any atom is 1.00 e. The van der Waals surface area contributed by atoms with Crippen LogP contribution in [0.2, 0.25) is 5.02 Å². The molecule has 0 atom stereocenters. The zero-order valence-corrected chi connectivity index (χ0v) is 81.4. The van der Waals surface area contributed by atoms with Crippen LogP contribution in [0.4, 0.5) is 102 Å². The minimum absolute atomic E-state index is 0. The van der Waals surface area contributed by atoms with Crippen LogP contribution in [0.5, 0.6) is 0 Å². The summed E-state index contributed by atoms with van der Waals surface area (Å²) in [6, 6.07) is -36.3. The van der Waals surface area contributed by atoms with Gasteiger partial charge in [-0.3, -0.25) is 0 Å². The molecule has 0 aliphatic carbocycles. The molecule has 2 aliphatic rings. The summed E-state index contributed by atoms with van der Waals surface area (Å²) < 4.78 is 475. The van der Waals surface area contributed by atoms with Crippen molar-refractivity contribution in [3.05, 3.63) is 376 Å². The van der Waals surface area contributed by atoms with Crippen LogP contribution in [0.15, 0.2) is 326 Å². The van der Waals surface area contributed by atoms with Gasteiger partial charge in [0.2, 0.25) is 0 Å². The molecule has 6 nitrogen and oxygen atoms in total. The molecule has 0 N–H and O–H groups in total. The van der Waals surface area contributed by atoms with Gasteiger partial charge in [-0.05, 0) is 261 Å². The Kier molecular flexibility index (Phi) is 14.8. The molecule has 127 heavy (non-hydrogen) atoms. The topological polar surface area (TPSA) is 19.4 Å². The first kappa shape index (κ1) is 50.1. The Morgan fingerprint density at radius 2 is 0.449 bits per heavy atom. The number of benzene rings is 14. The van der Waals surface area contributed by atoms with Gasteiger partial charge in [-0.1, -0.05) is 354 Å². The zero-order chi connectivity index (χ0) is 132. The van der Waals surface area contributed by atoms with E-state index in [4.69, 9.17) is 28.1 Å². The van der Waals surface area contributed by atoms with Gasteiger partial charge in [0.1, 0.15) is 0 Å². The van der Waals surface area contributed by atoms with Crippen molar-refractivity contribution in [3.63, 3.8) is 0 Å². The molecule has 0 saturated carbocycles. The van der Waals surface area contributed by atoms with Gasteiger partial charge in [-0.2, -0.15) is 0 Å². The van der Waals surface area contributed by atoms with E-state index >= 15 is 0 Å². The zero-order valence-electron chi connectivity index (χ0n) is 125. The van der Waals surface area contributed by atoms with Crippen molar-refractivity contribution < 1.29 is 144 Å². The number of nitrogens with zero attached hydrogens (tertiary/aromatic N) is 6. The van der Waals surface area contributed by atoms with Crippen molar-refractivity contribution >= 4 is 137 Å². The standard InChI is InChI=1S/C58H62BN3.C58H64ClN3.CH4.HI.K/c1-55(2,3)39-23-29-45(30-24-39)61-50-33-27-41(57(7,8)9)35-48(50)59-49-36-42(58(10,11)12)28-34-51(49)62(46-31-25-40(26-32-46)56(4,5)6)53-38-47(37-52(61)54(53)59)60(43-19-15-13-16-20-43)44-21-17-14-18-22-44;1-55(2,3)41-23-31-47(32-24-41)61(48-33-25-42(26-34-48)56(4,5)6)52-39-51(60(45-19-15-13-16-20-45)46-21-17-14-18-22-46)40-53(54(52)59)62(49-35-27-43(28-36-49)57(7,8)9)50-37-29-44(30-38-50)58(10,11)12;;;/h13-38H,1-12H3;13-40H,1-12H3;1H4;1H;/q;;;;+1/p-1/i13D,14D,15D,16D,17D,18D,19D,20D,21D,22D,23D,24D,25D,26D,27D,28D,29D,30D,31D,32D,33D,34D,35D,36D;13D,14D,15D,16D,17D,18D,19D,20D,21D,22D,23D,24D,25D,26D,27D,28D,29D,30D,31D,32D,33D,34D,35D,36D,37D,38D;;;. The predicted molar refractivity (Wildman–Crippen MR) is 547 cm³/mol. The summed E-state index contributed by atoms with van der Waals surface area (Å²) in [5, 5.41) is -0.854. The van der Waals surface area contributed by atoms with Crippen molar-refractivity contribution in [3.8, 4) is 0 Å². The second kappa shape index (κ2) is 37.6. The van der Waals surface area contributed by atoms with Crippen LogP contribution in [0.3, 0.4) is 0 Å². The molecule has 10 heteroatoms. The van der Waals surface area contributed by atoms with Crippen LogP contribution in [0.1, 0.15) is 287 Å². The van der Waals surface area contributed by atoms with Gasteiger partial charge in [0.25, 0.3) is 6.71 Å². The van der Waals surface area contributed by atoms with E-state index in [9.17, 15) is 52.1 Å². The molecule has 0 bridgehead atoms. The van der Waals surface area contributed by atoms with Gasteiger partial charge >= 0.3 is 51.4 Å². The normalized spacial score (nSPS) is 18.2. The molecule has 0 radical (unpaired) electrons. The minimum Gasteiger partial charge on any atom is -1.00 e. The second-order valence-corrected chi connectivity index (χ2v) is 38.8. The van der Waals surface area contributed by atoms with Crippen molar-refractivity contribution in [1.82, 2.24) is 0 Å². The fourth-order valence-corrected chi connectivity index (χ4v) is 13.8. The maximum atomic E-state index is 10.4. The number of rotatable bonds is 14. The summed E-state index contributed by atoms with van der Waals surface area (Å²) in [7, 11) is 0. The molecule has 0 aromatic heterocycles. The molecule has 0 fully saturated rings. The number of hydrogen-bond acceptors (Lipinski definition) is 6. The first-order chi connectivity index (χ1) is 79.4. The van der Waals surface area contributed by atoms with E-state index in [0.717, 1.165) is 26.8 Å². The van der Waals surface area contributed by atoms with Crippen LogP contribution in [0, 0.1) is 0 Å². The quantitative estimate of drug-likeness (QED) is 0.0793. The van der Waals surface area contributed by atoms with E-state index < -0.39 is 448 Å². The van der Waals surface area contributed by atoms with E-state index in [1.54, 1.807) is 166 Å². The number of halogens is 2. The van der Waals surface area contributed by atoms with Crippen molar-refractivity contribution in [2.75, 3.05) is 29.4 Å². The van der Waals surface area contributed by atoms with Crippen molar-refractivity contribution in [2.24, 2.45) is 0 Å². The molecule has 0 saturated heterocycles. The molecule has 14 aromatic rings. The fourth-order valence-electron chi connectivity index (χ4n) is 13.5. The molecule has 0 unspecified atom stereocenters. The molecule has 0 amide bonds. The molecule has 0 spiro atoms. The predicted octanol–water partition coefficient (Wildman–Crippen LogP) is 27.0. The summed E-state index contributed by atoms with van der Waals surface area (Å²) in [4.78, 5) is 5.01. The van der Waals surface area contributed by atoms with E-state index in [-0.39, 0.29) is 155 Å². The smallest absolute Gasteiger partial charge is 1.00 e. The number of anilines is 18. The molecule has 14 aromatic carbocycles. The third kappa shape index (κ3) is 20.6. The SMILES string of the molecule is C.[2H]c1c([2H])c([2H])c(N(c2cc(N(c3c([2H])c([2H])c(C(C)(C)C)c([2H])c3[2H])c3c([2H])c([2H])c(C(C)(C)C)c([2H])c3[2H])c(Cl)c(N(c3c([2H])c([2H])c(C(C)(C)C)c([2H])c3[2H])c3c([2H])c([2H])c(C(C)(C)C)c([2H])c3[2H])c2)c2c([2H])c([2H])c([2H])c([2H])c2[2H])c([2H])c1[2H].[2H]c1c([2H])c([2H])c(N(c2cc3c4c(c2)N(c2c([2H])c([2H])c(C(C)(C)C)c([2H])c2[2H])c2c([2H])c([2H])c(C(C)(C)C)c([2H])c2B4c2c([2H])c(C(C)(C)C)c([2H])c([2H])c2N3c2c([2H])c([2H])c(C(C)(C)C)c([2H])c2[2H])c2c([2H])c([2H])c([2H])c([2H])c2[2H])c([2H])c1[2H].[I-].[K+]. The Morgan fingerprint density at radius 3 is 0.677 bits per heavy atom.